The zero-order chi connectivity index (χ0) is 11.6. The minimum atomic E-state index is -4.18. The second-order valence-electron chi connectivity index (χ2n) is 3.26. The highest BCUT2D eigenvalue weighted by atomic mass is 35.5. The van der Waals surface area contributed by atoms with Crippen molar-refractivity contribution in [3.05, 3.63) is 29.8 Å². The topological polar surface area (TPSA) is 61.8 Å². The Morgan fingerprint density at radius 2 is 2.12 bits per heavy atom. The fourth-order valence-corrected chi connectivity index (χ4v) is 2.03. The fraction of sp³-hybridized carbons (Fsp3) is 0.333. The lowest BCUT2D eigenvalue weighted by molar-refractivity contribution is -0.0110. The third kappa shape index (κ3) is 2.65. The lowest BCUT2D eigenvalue weighted by Crippen LogP contribution is -2.28. The van der Waals surface area contributed by atoms with E-state index in [-0.39, 0.29) is 0 Å². The van der Waals surface area contributed by atoms with Crippen molar-refractivity contribution in [2.45, 2.75) is 19.1 Å². The summed E-state index contributed by atoms with van der Waals surface area (Å²) >= 11 is 4.74. The second-order valence-corrected chi connectivity index (χ2v) is 4.77. The molecule has 0 amide bonds. The summed E-state index contributed by atoms with van der Waals surface area (Å²) in [5.41, 5.74) is 1.02. The third-order valence-electron chi connectivity index (χ3n) is 2.18. The van der Waals surface area contributed by atoms with E-state index >= 15 is 0 Å². The van der Waals surface area contributed by atoms with Crippen molar-refractivity contribution in [3.63, 3.8) is 0 Å². The van der Waals surface area contributed by atoms with Gasteiger partial charge in [-0.15, -0.1) is 3.74 Å². The standard InChI is InChI=1S/C9H9ClO5S/c10-15-16(11,12)14-9-6-5-7-3-1-2-4-8(7)13-9/h1-4,9H,5-6H2. The molecule has 1 unspecified atom stereocenters. The van der Waals surface area contributed by atoms with E-state index in [2.05, 4.69) is 7.92 Å². The molecule has 88 valence electrons. The zero-order valence-electron chi connectivity index (χ0n) is 8.13. The highest BCUT2D eigenvalue weighted by Crippen LogP contribution is 2.28. The first-order chi connectivity index (χ1) is 7.61. The highest BCUT2D eigenvalue weighted by Gasteiger charge is 2.26. The van der Waals surface area contributed by atoms with E-state index in [4.69, 9.17) is 16.6 Å². The smallest absolute Gasteiger partial charge is 0.419 e. The minimum Gasteiger partial charge on any atom is -0.463 e. The molecule has 1 aromatic rings. The molecule has 1 aliphatic rings. The molecule has 1 atom stereocenters. The van der Waals surface area contributed by atoms with Crippen LogP contribution < -0.4 is 4.74 Å². The van der Waals surface area contributed by atoms with Gasteiger partial charge in [-0.05, 0) is 18.1 Å². The number of fused-ring (bicyclic) bond motifs is 1. The molecule has 16 heavy (non-hydrogen) atoms. The molecule has 0 spiro atoms. The first-order valence-electron chi connectivity index (χ1n) is 4.59. The van der Waals surface area contributed by atoms with Gasteiger partial charge < -0.3 is 4.74 Å². The number of ether oxygens (including phenoxy) is 1. The number of hydrogen-bond donors (Lipinski definition) is 0. The largest absolute Gasteiger partial charge is 0.463 e. The Bertz CT molecular complexity index is 473. The van der Waals surface area contributed by atoms with Crippen LogP contribution in [0.1, 0.15) is 12.0 Å². The molecule has 0 N–H and O–H groups in total. The molecule has 7 heteroatoms. The van der Waals surface area contributed by atoms with E-state index < -0.39 is 16.7 Å². The highest BCUT2D eigenvalue weighted by molar-refractivity contribution is 7.82. The Labute approximate surface area is 98.4 Å². The lowest BCUT2D eigenvalue weighted by Gasteiger charge is -2.24. The number of hydrogen-bond acceptors (Lipinski definition) is 5. The summed E-state index contributed by atoms with van der Waals surface area (Å²) in [5, 5.41) is 0. The summed E-state index contributed by atoms with van der Waals surface area (Å²) in [7, 11) is -4.18. The normalized spacial score (nSPS) is 19.9. The second kappa shape index (κ2) is 4.58. The van der Waals surface area contributed by atoms with Crippen molar-refractivity contribution in [2.75, 3.05) is 0 Å². The predicted octanol–water partition coefficient (Wildman–Crippen LogP) is 1.77. The van der Waals surface area contributed by atoms with Crippen molar-refractivity contribution in [2.24, 2.45) is 0 Å². The first-order valence-corrected chi connectivity index (χ1v) is 6.23. The molecular weight excluding hydrogens is 256 g/mol. The van der Waals surface area contributed by atoms with Gasteiger partial charge in [-0.1, -0.05) is 18.2 Å². The van der Waals surface area contributed by atoms with E-state index in [9.17, 15) is 8.42 Å². The zero-order valence-corrected chi connectivity index (χ0v) is 9.70. The van der Waals surface area contributed by atoms with Gasteiger partial charge in [0, 0.05) is 6.42 Å². The van der Waals surface area contributed by atoms with Gasteiger partial charge in [0.15, 0.2) is 0 Å². The molecule has 0 saturated heterocycles. The Kier molecular flexibility index (Phi) is 3.34. The van der Waals surface area contributed by atoms with Crippen LogP contribution in [0.25, 0.3) is 0 Å². The van der Waals surface area contributed by atoms with E-state index in [1.807, 2.05) is 12.1 Å². The third-order valence-corrected chi connectivity index (χ3v) is 3.25. The molecule has 0 aliphatic carbocycles. The van der Waals surface area contributed by atoms with Crippen LogP contribution >= 0.6 is 11.9 Å². The van der Waals surface area contributed by atoms with Crippen molar-refractivity contribution < 1.29 is 21.1 Å². The average molecular weight is 265 g/mol. The van der Waals surface area contributed by atoms with Gasteiger partial charge >= 0.3 is 10.4 Å². The Morgan fingerprint density at radius 1 is 1.38 bits per heavy atom. The first kappa shape index (κ1) is 11.7. The number of benzene rings is 1. The van der Waals surface area contributed by atoms with Crippen LogP contribution in [0, 0.1) is 0 Å². The molecule has 2 rings (SSSR count). The molecular formula is C9H9ClO5S. The van der Waals surface area contributed by atoms with Gasteiger partial charge in [0.05, 0.1) is 11.9 Å². The van der Waals surface area contributed by atoms with Crippen molar-refractivity contribution in [3.8, 4) is 5.75 Å². The SMILES string of the molecule is O=S(=O)(OCl)OC1CCc2ccccc2O1. The maximum Gasteiger partial charge on any atom is 0.419 e. The molecule has 1 aliphatic heterocycles. The number of aryl methyl sites for hydroxylation is 1. The Morgan fingerprint density at radius 3 is 2.88 bits per heavy atom. The number of halogens is 1. The van der Waals surface area contributed by atoms with E-state index in [0.29, 0.717) is 18.6 Å². The molecule has 0 saturated carbocycles. The molecule has 1 aromatic carbocycles. The van der Waals surface area contributed by atoms with Gasteiger partial charge in [0.1, 0.15) is 5.75 Å². The monoisotopic (exact) mass is 264 g/mol. The number of para-hydroxylation sites is 1. The molecule has 0 aromatic heterocycles. The van der Waals surface area contributed by atoms with Crippen LogP contribution in [0.3, 0.4) is 0 Å². The predicted molar refractivity (Wildman–Crippen MR) is 56.1 cm³/mol. The summed E-state index contributed by atoms with van der Waals surface area (Å²) in [4.78, 5) is 0. The molecule has 5 nitrogen and oxygen atoms in total. The van der Waals surface area contributed by atoms with Gasteiger partial charge in [-0.2, -0.15) is 8.42 Å². The Balaban J connectivity index is 2.09. The number of rotatable bonds is 3. The minimum absolute atomic E-state index is 0.427. The van der Waals surface area contributed by atoms with Crippen LogP contribution in [0.2, 0.25) is 0 Å². The van der Waals surface area contributed by atoms with E-state index in [0.717, 1.165) is 5.56 Å². The lowest BCUT2D eigenvalue weighted by atomic mass is 10.1. The van der Waals surface area contributed by atoms with Crippen LogP contribution in [0.15, 0.2) is 24.3 Å². The van der Waals surface area contributed by atoms with Crippen LogP contribution in [-0.4, -0.2) is 14.7 Å². The molecule has 0 fully saturated rings. The van der Waals surface area contributed by atoms with Crippen molar-refractivity contribution >= 4 is 22.3 Å². The average Bonchev–Trinajstić information content (AvgIpc) is 2.28. The maximum atomic E-state index is 10.9. The van der Waals surface area contributed by atoms with Crippen LogP contribution in [0.5, 0.6) is 5.75 Å². The van der Waals surface area contributed by atoms with Crippen molar-refractivity contribution in [1.82, 2.24) is 0 Å². The molecule has 0 radical (unpaired) electrons. The summed E-state index contributed by atoms with van der Waals surface area (Å²) in [5.74, 6) is 0.614. The maximum absolute atomic E-state index is 10.9. The van der Waals surface area contributed by atoms with Crippen molar-refractivity contribution in [1.29, 1.82) is 0 Å². The van der Waals surface area contributed by atoms with Gasteiger partial charge in [-0.25, -0.2) is 4.18 Å². The van der Waals surface area contributed by atoms with E-state index in [1.54, 1.807) is 12.1 Å². The molecule has 1 heterocycles. The van der Waals surface area contributed by atoms with E-state index in [1.165, 1.54) is 0 Å². The fourth-order valence-electron chi connectivity index (χ4n) is 1.51. The van der Waals surface area contributed by atoms with Gasteiger partial charge in [-0.3, -0.25) is 0 Å². The summed E-state index contributed by atoms with van der Waals surface area (Å²) < 4.78 is 35.4. The summed E-state index contributed by atoms with van der Waals surface area (Å²) in [6.07, 6.45) is 0.216. The Hall–Kier alpha value is -0.820. The van der Waals surface area contributed by atoms with Crippen LogP contribution in [-0.2, 0) is 24.7 Å². The summed E-state index contributed by atoms with van der Waals surface area (Å²) in [6.45, 7) is 0. The quantitative estimate of drug-likeness (QED) is 0.833. The van der Waals surface area contributed by atoms with Crippen LogP contribution in [0.4, 0.5) is 0 Å². The van der Waals surface area contributed by atoms with Gasteiger partial charge in [0.25, 0.3) is 0 Å². The summed E-state index contributed by atoms with van der Waals surface area (Å²) in [6, 6.07) is 7.35. The molecule has 0 bridgehead atoms. The van der Waals surface area contributed by atoms with Gasteiger partial charge in [0.2, 0.25) is 6.29 Å².